The van der Waals surface area contributed by atoms with Crippen LogP contribution in [0.4, 0.5) is 0 Å². The Morgan fingerprint density at radius 3 is 1.30 bits per heavy atom. The lowest BCUT2D eigenvalue weighted by Gasteiger charge is -2.37. The van der Waals surface area contributed by atoms with Crippen LogP contribution in [0.2, 0.25) is 0 Å². The van der Waals surface area contributed by atoms with E-state index in [-0.39, 0.29) is 6.04 Å². The highest BCUT2D eigenvalue weighted by Crippen LogP contribution is 2.23. The molecule has 0 heterocycles. The van der Waals surface area contributed by atoms with E-state index in [0.717, 1.165) is 22.3 Å². The minimum absolute atomic E-state index is 0.244. The molecule has 47 heavy (non-hydrogen) atoms. The van der Waals surface area contributed by atoms with Gasteiger partial charge in [0.15, 0.2) is 0 Å². The summed E-state index contributed by atoms with van der Waals surface area (Å²) >= 11 is 0. The number of rotatable bonds is 20. The van der Waals surface area contributed by atoms with Gasteiger partial charge in [-0.25, -0.2) is 0 Å². The molecule has 0 aliphatic rings. The van der Waals surface area contributed by atoms with Gasteiger partial charge in [0.05, 0.1) is 39.1 Å². The molecular weight excluding hydrogens is 582 g/mol. The Morgan fingerprint density at radius 2 is 0.851 bits per heavy atom. The third-order valence-corrected chi connectivity index (χ3v) is 7.95. The van der Waals surface area contributed by atoms with Crippen LogP contribution in [-0.4, -0.2) is 31.0 Å². The molecule has 0 spiro atoms. The van der Waals surface area contributed by atoms with Gasteiger partial charge in [0.1, 0.15) is 18.3 Å². The zero-order chi connectivity index (χ0) is 32.4. The summed E-state index contributed by atoms with van der Waals surface area (Å²) in [5.41, 5.74) is 5.51. The Labute approximate surface area is 279 Å². The van der Waals surface area contributed by atoms with Crippen LogP contribution in [0.3, 0.4) is 0 Å². The minimum Gasteiger partial charge on any atom is -0.375 e. The molecule has 1 N–H and O–H groups in total. The number of nitrogens with one attached hydrogen (secondary N) is 1. The number of ether oxygens (including phenoxy) is 4. The van der Waals surface area contributed by atoms with E-state index < -0.39 is 18.3 Å². The molecule has 4 atom stereocenters. The van der Waals surface area contributed by atoms with Gasteiger partial charge in [-0.1, -0.05) is 158 Å². The predicted octanol–water partition coefficient (Wildman–Crippen LogP) is 8.30. The Morgan fingerprint density at radius 1 is 0.468 bits per heavy atom. The first kappa shape index (κ1) is 34.0. The minimum atomic E-state index is -0.506. The van der Waals surface area contributed by atoms with Crippen LogP contribution in [-0.2, 0) is 51.9 Å². The number of benzene rings is 5. The van der Waals surface area contributed by atoms with Crippen LogP contribution in [0, 0.1) is 0 Å². The van der Waals surface area contributed by atoms with Gasteiger partial charge in [-0.2, -0.15) is 0 Å². The van der Waals surface area contributed by atoms with Crippen molar-refractivity contribution >= 4 is 0 Å². The molecular formula is C42H45NO4. The molecule has 242 valence electrons. The van der Waals surface area contributed by atoms with Crippen molar-refractivity contribution in [2.45, 2.75) is 57.3 Å². The Bertz CT molecular complexity index is 1530. The monoisotopic (exact) mass is 627 g/mol. The smallest absolute Gasteiger partial charge is 0.115 e. The Hall–Kier alpha value is -4.36. The van der Waals surface area contributed by atoms with Crippen LogP contribution < -0.4 is 5.32 Å². The van der Waals surface area contributed by atoms with Crippen molar-refractivity contribution in [3.8, 4) is 0 Å². The van der Waals surface area contributed by atoms with Crippen molar-refractivity contribution in [3.63, 3.8) is 0 Å². The lowest BCUT2D eigenvalue weighted by Crippen LogP contribution is -2.54. The summed E-state index contributed by atoms with van der Waals surface area (Å²) in [4.78, 5) is 0. The van der Waals surface area contributed by atoms with E-state index in [1.807, 2.05) is 84.9 Å². The highest BCUT2D eigenvalue weighted by Gasteiger charge is 2.37. The number of hydrogen-bond acceptors (Lipinski definition) is 5. The first-order valence-corrected chi connectivity index (χ1v) is 16.3. The molecule has 0 aromatic heterocycles. The van der Waals surface area contributed by atoms with Crippen LogP contribution in [0.5, 0.6) is 0 Å². The highest BCUT2D eigenvalue weighted by atomic mass is 16.6. The van der Waals surface area contributed by atoms with Crippen LogP contribution in [0.1, 0.15) is 27.8 Å². The quantitative estimate of drug-likeness (QED) is 0.0880. The summed E-state index contributed by atoms with van der Waals surface area (Å²) < 4.78 is 26.6. The average Bonchev–Trinajstić information content (AvgIpc) is 3.14. The maximum Gasteiger partial charge on any atom is 0.115 e. The summed E-state index contributed by atoms with van der Waals surface area (Å²) in [6.07, 6.45) is 0.400. The molecule has 5 aromatic carbocycles. The zero-order valence-electron chi connectivity index (χ0n) is 26.9. The van der Waals surface area contributed by atoms with Crippen molar-refractivity contribution in [3.05, 3.63) is 192 Å². The molecule has 0 bridgehead atoms. The van der Waals surface area contributed by atoms with Crippen molar-refractivity contribution in [1.82, 2.24) is 5.32 Å². The molecule has 3 unspecified atom stereocenters. The molecule has 0 saturated carbocycles. The van der Waals surface area contributed by atoms with Gasteiger partial charge >= 0.3 is 0 Å². The largest absolute Gasteiger partial charge is 0.375 e. The standard InChI is InChI=1S/C42H45NO4/c1-2-40(45-30-36-22-12-5-13-23-36)42(47-32-38-26-16-7-17-27-38)41(46-31-37-24-14-6-15-25-37)39(43-28-34-18-8-3-9-19-34)33-44-29-35-20-10-4-11-21-35/h2-27,39-43H,1,28-33H2/t39?,40?,41-,42?/m0/s1. The van der Waals surface area contributed by atoms with E-state index in [4.69, 9.17) is 18.9 Å². The van der Waals surface area contributed by atoms with E-state index in [1.54, 1.807) is 0 Å². The topological polar surface area (TPSA) is 49.0 Å². The van der Waals surface area contributed by atoms with Crippen molar-refractivity contribution in [1.29, 1.82) is 0 Å². The van der Waals surface area contributed by atoms with E-state index in [9.17, 15) is 0 Å². The normalized spacial score (nSPS) is 13.8. The Balaban J connectivity index is 1.45. The van der Waals surface area contributed by atoms with Gasteiger partial charge in [0.25, 0.3) is 0 Å². The van der Waals surface area contributed by atoms with E-state index in [1.165, 1.54) is 5.56 Å². The average molecular weight is 628 g/mol. The van der Waals surface area contributed by atoms with Gasteiger partial charge in [-0.05, 0) is 27.8 Å². The van der Waals surface area contributed by atoms with E-state index in [2.05, 4.69) is 84.7 Å². The molecule has 0 amide bonds. The van der Waals surface area contributed by atoms with Gasteiger partial charge in [-0.15, -0.1) is 6.58 Å². The summed E-state index contributed by atoms with van der Waals surface area (Å²) in [7, 11) is 0. The number of hydrogen-bond donors (Lipinski definition) is 1. The second kappa shape index (κ2) is 19.3. The molecule has 5 rings (SSSR count). The molecule has 5 heteroatoms. The molecule has 0 fully saturated rings. The fourth-order valence-corrected chi connectivity index (χ4v) is 5.41. The summed E-state index contributed by atoms with van der Waals surface area (Å²) in [5, 5.41) is 3.77. The molecule has 5 nitrogen and oxygen atoms in total. The third-order valence-electron chi connectivity index (χ3n) is 7.95. The maximum absolute atomic E-state index is 6.87. The zero-order valence-corrected chi connectivity index (χ0v) is 26.9. The van der Waals surface area contributed by atoms with E-state index in [0.29, 0.717) is 39.6 Å². The summed E-state index contributed by atoms with van der Waals surface area (Å²) in [6.45, 7) is 6.93. The molecule has 0 aliphatic carbocycles. The van der Waals surface area contributed by atoms with Gasteiger partial charge in [0.2, 0.25) is 0 Å². The Kier molecular flexibility index (Phi) is 14.0. The van der Waals surface area contributed by atoms with Gasteiger partial charge < -0.3 is 24.3 Å². The van der Waals surface area contributed by atoms with Gasteiger partial charge in [0, 0.05) is 6.54 Å². The van der Waals surface area contributed by atoms with Crippen LogP contribution in [0.25, 0.3) is 0 Å². The maximum atomic E-state index is 6.87. The van der Waals surface area contributed by atoms with Crippen molar-refractivity contribution < 1.29 is 18.9 Å². The first-order valence-electron chi connectivity index (χ1n) is 16.3. The van der Waals surface area contributed by atoms with Crippen molar-refractivity contribution in [2.24, 2.45) is 0 Å². The third kappa shape index (κ3) is 11.4. The SMILES string of the molecule is C=CC(OCc1ccccc1)C(OCc1ccccc1)[C@@H](OCc1ccccc1)C(COCc1ccccc1)NCc1ccccc1. The van der Waals surface area contributed by atoms with Crippen LogP contribution >= 0.6 is 0 Å². The van der Waals surface area contributed by atoms with Crippen molar-refractivity contribution in [2.75, 3.05) is 6.61 Å². The summed E-state index contributed by atoms with van der Waals surface area (Å²) in [6, 6.07) is 50.9. The molecule has 0 saturated heterocycles. The van der Waals surface area contributed by atoms with Crippen LogP contribution in [0.15, 0.2) is 164 Å². The van der Waals surface area contributed by atoms with E-state index >= 15 is 0 Å². The van der Waals surface area contributed by atoms with Gasteiger partial charge in [-0.3, -0.25) is 0 Å². The lowest BCUT2D eigenvalue weighted by atomic mass is 9.99. The predicted molar refractivity (Wildman–Crippen MR) is 188 cm³/mol. The summed E-state index contributed by atoms with van der Waals surface area (Å²) in [5.74, 6) is 0. The highest BCUT2D eigenvalue weighted by molar-refractivity contribution is 5.18. The second-order valence-electron chi connectivity index (χ2n) is 11.5. The molecule has 0 aliphatic heterocycles. The fourth-order valence-electron chi connectivity index (χ4n) is 5.41. The first-order chi connectivity index (χ1) is 23.3. The molecule has 0 radical (unpaired) electrons. The molecule has 5 aromatic rings. The lowest BCUT2D eigenvalue weighted by molar-refractivity contribution is -0.153. The second-order valence-corrected chi connectivity index (χ2v) is 11.5. The fraction of sp³-hybridized carbons (Fsp3) is 0.238.